The highest BCUT2D eigenvalue weighted by atomic mass is 16.5. The number of aromatic nitrogens is 2. The van der Waals surface area contributed by atoms with E-state index in [1.165, 1.54) is 0 Å². The van der Waals surface area contributed by atoms with Crippen LogP contribution in [0.5, 0.6) is 23.0 Å². The Morgan fingerprint density at radius 1 is 0.436 bits per heavy atom. The summed E-state index contributed by atoms with van der Waals surface area (Å²) in [6.07, 6.45) is 5.45. The number of ether oxygens (including phenoxy) is 2. The molecule has 39 heavy (non-hydrogen) atoms. The van der Waals surface area contributed by atoms with Gasteiger partial charge < -0.3 is 9.47 Å². The lowest BCUT2D eigenvalue weighted by Crippen LogP contribution is -2.36. The molecule has 184 valence electrons. The minimum Gasteiger partial charge on any atom is -0.457 e. The monoisotopic (exact) mass is 502 g/mol. The lowest BCUT2D eigenvalue weighted by atomic mass is 9.62. The first-order valence-electron chi connectivity index (χ1n) is 13.0. The largest absolute Gasteiger partial charge is 0.457 e. The van der Waals surface area contributed by atoms with E-state index in [2.05, 4.69) is 82.8 Å². The topological polar surface area (TPSA) is 44.2 Å². The Bertz CT molecular complexity index is 1730. The SMILES string of the molecule is c1ccc(-c2ccc3c(c2)Oc2cc(-c4ccncc4)ccc2C32c3ccccc3Oc3ccccc32)nc1. The Morgan fingerprint density at radius 2 is 1.00 bits per heavy atom. The summed E-state index contributed by atoms with van der Waals surface area (Å²) < 4.78 is 13.2. The van der Waals surface area contributed by atoms with Gasteiger partial charge in [-0.3, -0.25) is 9.97 Å². The Balaban J connectivity index is 1.46. The minimum absolute atomic E-state index is 0.617. The van der Waals surface area contributed by atoms with Crippen molar-refractivity contribution in [1.29, 1.82) is 0 Å². The van der Waals surface area contributed by atoms with Crippen molar-refractivity contribution in [2.24, 2.45) is 0 Å². The number of hydrogen-bond donors (Lipinski definition) is 0. The van der Waals surface area contributed by atoms with E-state index in [0.29, 0.717) is 0 Å². The lowest BCUT2D eigenvalue weighted by Gasteiger charge is -2.45. The fourth-order valence-corrected chi connectivity index (χ4v) is 6.09. The molecule has 1 spiro atoms. The fourth-order valence-electron chi connectivity index (χ4n) is 6.09. The van der Waals surface area contributed by atoms with Gasteiger partial charge in [0.15, 0.2) is 0 Å². The molecule has 4 heterocycles. The molecule has 0 aliphatic carbocycles. The van der Waals surface area contributed by atoms with Crippen molar-refractivity contribution in [3.63, 3.8) is 0 Å². The average molecular weight is 503 g/mol. The van der Waals surface area contributed by atoms with E-state index in [-0.39, 0.29) is 0 Å². The molecular formula is C35H22N2O2. The number of benzene rings is 4. The van der Waals surface area contributed by atoms with Crippen LogP contribution in [0.15, 0.2) is 134 Å². The summed E-state index contributed by atoms with van der Waals surface area (Å²) in [7, 11) is 0. The second-order valence-corrected chi connectivity index (χ2v) is 9.82. The Hall–Kier alpha value is -5.22. The quantitative estimate of drug-likeness (QED) is 0.238. The smallest absolute Gasteiger partial charge is 0.132 e. The molecule has 6 aromatic rings. The summed E-state index contributed by atoms with van der Waals surface area (Å²) >= 11 is 0. The maximum atomic E-state index is 6.78. The molecule has 0 N–H and O–H groups in total. The molecular weight excluding hydrogens is 480 g/mol. The Labute approximate surface area is 226 Å². The normalized spacial score (nSPS) is 13.7. The first-order valence-corrected chi connectivity index (χ1v) is 13.0. The van der Waals surface area contributed by atoms with Crippen LogP contribution in [0.2, 0.25) is 0 Å². The van der Waals surface area contributed by atoms with E-state index in [4.69, 9.17) is 9.47 Å². The van der Waals surface area contributed by atoms with Crippen molar-refractivity contribution in [2.45, 2.75) is 5.41 Å². The highest BCUT2D eigenvalue weighted by molar-refractivity contribution is 5.79. The number of nitrogens with zero attached hydrogens (tertiary/aromatic N) is 2. The number of fused-ring (bicyclic) bond motifs is 8. The van der Waals surface area contributed by atoms with Crippen molar-refractivity contribution < 1.29 is 9.47 Å². The summed E-state index contributed by atoms with van der Waals surface area (Å²) in [5.41, 5.74) is 7.81. The van der Waals surface area contributed by atoms with Crippen LogP contribution in [0.4, 0.5) is 0 Å². The van der Waals surface area contributed by atoms with Crippen molar-refractivity contribution in [3.05, 3.63) is 156 Å². The highest BCUT2D eigenvalue weighted by Crippen LogP contribution is 2.61. The van der Waals surface area contributed by atoms with Crippen LogP contribution in [0, 0.1) is 0 Å². The molecule has 0 atom stereocenters. The third-order valence-electron chi connectivity index (χ3n) is 7.77. The molecule has 8 rings (SSSR count). The van der Waals surface area contributed by atoms with Crippen molar-refractivity contribution in [3.8, 4) is 45.4 Å². The van der Waals surface area contributed by atoms with E-state index in [1.54, 1.807) is 0 Å². The Kier molecular flexibility index (Phi) is 4.70. The number of rotatable bonds is 2. The first-order chi connectivity index (χ1) is 19.3. The molecule has 0 amide bonds. The number of hydrogen-bond acceptors (Lipinski definition) is 4. The molecule has 4 aromatic carbocycles. The van der Waals surface area contributed by atoms with Gasteiger partial charge in [0.1, 0.15) is 23.0 Å². The third kappa shape index (κ3) is 3.18. The predicted octanol–water partition coefficient (Wildman–Crippen LogP) is 8.40. The van der Waals surface area contributed by atoms with E-state index in [9.17, 15) is 0 Å². The van der Waals surface area contributed by atoms with Gasteiger partial charge in [0.2, 0.25) is 0 Å². The van der Waals surface area contributed by atoms with Crippen LogP contribution in [-0.2, 0) is 5.41 Å². The van der Waals surface area contributed by atoms with Crippen molar-refractivity contribution in [2.75, 3.05) is 0 Å². The maximum absolute atomic E-state index is 6.78. The molecule has 0 bridgehead atoms. The zero-order chi connectivity index (χ0) is 25.8. The first kappa shape index (κ1) is 21.8. The zero-order valence-electron chi connectivity index (χ0n) is 20.9. The van der Waals surface area contributed by atoms with Gasteiger partial charge >= 0.3 is 0 Å². The fraction of sp³-hybridized carbons (Fsp3) is 0.0286. The molecule has 2 aromatic heterocycles. The van der Waals surface area contributed by atoms with E-state index < -0.39 is 5.41 Å². The van der Waals surface area contributed by atoms with Crippen molar-refractivity contribution >= 4 is 0 Å². The molecule has 0 unspecified atom stereocenters. The number of pyridine rings is 2. The van der Waals surface area contributed by atoms with Crippen LogP contribution in [0.25, 0.3) is 22.4 Å². The van der Waals surface area contributed by atoms with Crippen LogP contribution in [0.3, 0.4) is 0 Å². The molecule has 2 aliphatic heterocycles. The van der Waals surface area contributed by atoms with E-state index >= 15 is 0 Å². The average Bonchev–Trinajstić information content (AvgIpc) is 3.01. The molecule has 4 heteroatoms. The van der Waals surface area contributed by atoms with Crippen LogP contribution in [0.1, 0.15) is 22.3 Å². The van der Waals surface area contributed by atoms with E-state index in [1.807, 2.05) is 61.1 Å². The van der Waals surface area contributed by atoms with Gasteiger partial charge in [-0.05, 0) is 59.7 Å². The Morgan fingerprint density at radius 3 is 1.67 bits per heavy atom. The summed E-state index contributed by atoms with van der Waals surface area (Å²) in [6.45, 7) is 0. The number of para-hydroxylation sites is 2. The van der Waals surface area contributed by atoms with Crippen molar-refractivity contribution in [1.82, 2.24) is 9.97 Å². The maximum Gasteiger partial charge on any atom is 0.132 e. The standard InChI is InChI=1S/C35H22N2O2/c1-3-10-31-26(7-1)35(27-8-2-4-11-32(27)38-31)28-14-12-24(23-16-19-36-20-17-23)21-33(28)39-34-22-25(13-15-29(34)35)30-9-5-6-18-37-30/h1-22H. The molecule has 4 nitrogen and oxygen atoms in total. The summed E-state index contributed by atoms with van der Waals surface area (Å²) in [4.78, 5) is 8.78. The lowest BCUT2D eigenvalue weighted by molar-refractivity contribution is 0.399. The summed E-state index contributed by atoms with van der Waals surface area (Å²) in [6, 6.07) is 39.6. The predicted molar refractivity (Wildman–Crippen MR) is 151 cm³/mol. The summed E-state index contributed by atoms with van der Waals surface area (Å²) in [5.74, 6) is 3.33. The van der Waals surface area contributed by atoms with Gasteiger partial charge in [-0.15, -0.1) is 0 Å². The second kappa shape index (κ2) is 8.40. The second-order valence-electron chi connectivity index (χ2n) is 9.82. The van der Waals surface area contributed by atoms with Gasteiger partial charge in [-0.25, -0.2) is 0 Å². The van der Waals surface area contributed by atoms with Gasteiger partial charge in [0, 0.05) is 46.4 Å². The minimum atomic E-state index is -0.617. The third-order valence-corrected chi connectivity index (χ3v) is 7.77. The molecule has 0 fully saturated rings. The van der Waals surface area contributed by atoms with E-state index in [0.717, 1.165) is 67.6 Å². The zero-order valence-corrected chi connectivity index (χ0v) is 20.9. The van der Waals surface area contributed by atoms with Gasteiger partial charge in [-0.1, -0.05) is 66.7 Å². The summed E-state index contributed by atoms with van der Waals surface area (Å²) in [5, 5.41) is 0. The highest BCUT2D eigenvalue weighted by Gasteiger charge is 2.50. The molecule has 0 saturated carbocycles. The molecule has 0 saturated heterocycles. The van der Waals surface area contributed by atoms with Crippen LogP contribution >= 0.6 is 0 Å². The van der Waals surface area contributed by atoms with Gasteiger partial charge in [0.25, 0.3) is 0 Å². The van der Waals surface area contributed by atoms with Crippen LogP contribution < -0.4 is 9.47 Å². The van der Waals surface area contributed by atoms with Gasteiger partial charge in [-0.2, -0.15) is 0 Å². The molecule has 0 radical (unpaired) electrons. The molecule has 2 aliphatic rings. The van der Waals surface area contributed by atoms with Crippen LogP contribution in [-0.4, -0.2) is 9.97 Å². The van der Waals surface area contributed by atoms with Gasteiger partial charge in [0.05, 0.1) is 11.1 Å².